The summed E-state index contributed by atoms with van der Waals surface area (Å²) in [6.07, 6.45) is 1.36. The lowest BCUT2D eigenvalue weighted by Gasteiger charge is -2.05. The Kier molecular flexibility index (Phi) is 5.86. The van der Waals surface area contributed by atoms with Gasteiger partial charge in [-0.25, -0.2) is 10.2 Å². The number of carbonyl (C=O) groups is 2. The molecule has 0 fully saturated rings. The van der Waals surface area contributed by atoms with E-state index in [0.29, 0.717) is 17.1 Å². The lowest BCUT2D eigenvalue weighted by molar-refractivity contribution is -0.119. The molecule has 0 bridgehead atoms. The predicted molar refractivity (Wildman–Crippen MR) is 107 cm³/mol. The summed E-state index contributed by atoms with van der Waals surface area (Å²) in [5.74, 6) is -0.538. The van der Waals surface area contributed by atoms with Gasteiger partial charge >= 0.3 is 5.97 Å². The van der Waals surface area contributed by atoms with E-state index in [1.807, 2.05) is 31.2 Å². The van der Waals surface area contributed by atoms with Gasteiger partial charge in [0.2, 0.25) is 0 Å². The summed E-state index contributed by atoms with van der Waals surface area (Å²) in [7, 11) is 0. The van der Waals surface area contributed by atoms with E-state index in [-0.39, 0.29) is 18.0 Å². The van der Waals surface area contributed by atoms with Crippen molar-refractivity contribution in [2.45, 2.75) is 6.92 Å². The van der Waals surface area contributed by atoms with E-state index in [9.17, 15) is 14.7 Å². The van der Waals surface area contributed by atoms with Gasteiger partial charge in [0, 0.05) is 11.3 Å². The van der Waals surface area contributed by atoms with Gasteiger partial charge in [0.25, 0.3) is 5.91 Å². The Balaban J connectivity index is 1.56. The Labute approximate surface area is 161 Å². The van der Waals surface area contributed by atoms with Crippen LogP contribution in [0.2, 0.25) is 0 Å². The summed E-state index contributed by atoms with van der Waals surface area (Å²) in [4.78, 5) is 23.1. The van der Waals surface area contributed by atoms with E-state index >= 15 is 0 Å². The van der Waals surface area contributed by atoms with E-state index < -0.39 is 5.97 Å². The Bertz CT molecular complexity index is 1010. The Hall–Kier alpha value is -3.87. The number of amides is 1. The molecule has 0 radical (unpaired) electrons. The highest BCUT2D eigenvalue weighted by atomic mass is 16.4. The molecule has 1 amide bonds. The zero-order chi connectivity index (χ0) is 19.9. The number of rotatable bonds is 7. The van der Waals surface area contributed by atoms with Crippen LogP contribution in [0.5, 0.6) is 0 Å². The maximum atomic E-state index is 11.8. The van der Waals surface area contributed by atoms with E-state index in [0.717, 1.165) is 11.3 Å². The topological polar surface area (TPSA) is 104 Å². The number of hydrogen-bond donors (Lipinski definition) is 3. The van der Waals surface area contributed by atoms with Crippen molar-refractivity contribution in [2.24, 2.45) is 5.10 Å². The largest absolute Gasteiger partial charge is 0.478 e. The number of benzene rings is 2. The zero-order valence-corrected chi connectivity index (χ0v) is 15.2. The minimum atomic E-state index is -1.03. The van der Waals surface area contributed by atoms with Crippen molar-refractivity contribution in [1.29, 1.82) is 0 Å². The third kappa shape index (κ3) is 4.85. The molecular weight excluding hydrogens is 358 g/mol. The molecule has 7 heteroatoms. The number of hydrazone groups is 1. The number of furan rings is 1. The van der Waals surface area contributed by atoms with Crippen LogP contribution in [0.4, 0.5) is 5.69 Å². The molecule has 0 unspecified atom stereocenters. The minimum absolute atomic E-state index is 0.0792. The third-order valence-electron chi connectivity index (χ3n) is 3.94. The molecule has 0 aliphatic heterocycles. The third-order valence-corrected chi connectivity index (χ3v) is 3.94. The van der Waals surface area contributed by atoms with Crippen molar-refractivity contribution >= 4 is 23.8 Å². The second-order valence-corrected chi connectivity index (χ2v) is 6.07. The maximum absolute atomic E-state index is 11.8. The van der Waals surface area contributed by atoms with Crippen molar-refractivity contribution < 1.29 is 19.1 Å². The first-order chi connectivity index (χ1) is 13.5. The molecule has 1 aromatic heterocycles. The fourth-order valence-corrected chi connectivity index (χ4v) is 2.51. The molecule has 7 nitrogen and oxygen atoms in total. The van der Waals surface area contributed by atoms with Gasteiger partial charge in [-0.2, -0.15) is 5.10 Å². The summed E-state index contributed by atoms with van der Waals surface area (Å²) in [6, 6.07) is 17.6. The number of aryl methyl sites for hydroxylation is 1. The average Bonchev–Trinajstić information content (AvgIpc) is 3.16. The molecule has 3 aromatic rings. The number of hydrogen-bond acceptors (Lipinski definition) is 5. The molecule has 3 N–H and O–H groups in total. The van der Waals surface area contributed by atoms with Crippen LogP contribution < -0.4 is 10.7 Å². The summed E-state index contributed by atoms with van der Waals surface area (Å²) in [6.45, 7) is 2.07. The molecule has 2 aromatic carbocycles. The van der Waals surface area contributed by atoms with Crippen LogP contribution in [-0.2, 0) is 4.79 Å². The van der Waals surface area contributed by atoms with Crippen LogP contribution in [0.3, 0.4) is 0 Å². The Morgan fingerprint density at radius 3 is 2.57 bits per heavy atom. The number of carboxylic acid groups (broad SMARTS) is 1. The summed E-state index contributed by atoms with van der Waals surface area (Å²) in [5, 5.41) is 16.1. The van der Waals surface area contributed by atoms with Gasteiger partial charge in [-0.15, -0.1) is 0 Å². The van der Waals surface area contributed by atoms with Gasteiger partial charge in [-0.05, 0) is 37.3 Å². The zero-order valence-electron chi connectivity index (χ0n) is 15.2. The van der Waals surface area contributed by atoms with Gasteiger partial charge < -0.3 is 14.8 Å². The molecule has 28 heavy (non-hydrogen) atoms. The first-order valence-corrected chi connectivity index (χ1v) is 8.58. The lowest BCUT2D eigenvalue weighted by Crippen LogP contribution is -2.25. The smallest absolute Gasteiger partial charge is 0.336 e. The van der Waals surface area contributed by atoms with Crippen LogP contribution in [0.15, 0.2) is 70.2 Å². The number of carboxylic acids is 1. The average molecular weight is 377 g/mol. The molecule has 0 atom stereocenters. The quantitative estimate of drug-likeness (QED) is 0.432. The molecule has 142 valence electrons. The number of nitrogens with zero attached hydrogens (tertiary/aromatic N) is 1. The molecule has 0 spiro atoms. The highest BCUT2D eigenvalue weighted by Gasteiger charge is 2.13. The van der Waals surface area contributed by atoms with Crippen LogP contribution >= 0.6 is 0 Å². The lowest BCUT2D eigenvalue weighted by atomic mass is 10.1. The number of nitrogens with one attached hydrogen (secondary N) is 2. The molecule has 0 aliphatic carbocycles. The SMILES string of the molecule is Cc1ccc(NCC(=O)N/N=C\c2ccc(-c3ccccc3C(=O)O)o2)cc1. The molecule has 0 aliphatic rings. The van der Waals surface area contributed by atoms with Gasteiger partial charge in [0.1, 0.15) is 11.5 Å². The fraction of sp³-hybridized carbons (Fsp3) is 0.0952. The normalized spacial score (nSPS) is 10.8. The monoisotopic (exact) mass is 377 g/mol. The predicted octanol–water partition coefficient (Wildman–Crippen LogP) is 3.52. The summed E-state index contributed by atoms with van der Waals surface area (Å²) in [5.41, 5.74) is 5.01. The highest BCUT2D eigenvalue weighted by molar-refractivity contribution is 5.95. The van der Waals surface area contributed by atoms with Gasteiger partial charge in [-0.3, -0.25) is 4.79 Å². The van der Waals surface area contributed by atoms with E-state index in [1.54, 1.807) is 30.3 Å². The molecular formula is C21H19N3O4. The van der Waals surface area contributed by atoms with E-state index in [2.05, 4.69) is 15.8 Å². The van der Waals surface area contributed by atoms with Crippen molar-refractivity contribution in [1.82, 2.24) is 5.43 Å². The number of carbonyl (C=O) groups excluding carboxylic acids is 1. The second-order valence-electron chi connectivity index (χ2n) is 6.07. The van der Waals surface area contributed by atoms with Gasteiger partial charge in [0.05, 0.1) is 18.3 Å². The summed E-state index contributed by atoms with van der Waals surface area (Å²) >= 11 is 0. The second kappa shape index (κ2) is 8.68. The Morgan fingerprint density at radius 1 is 1.07 bits per heavy atom. The first-order valence-electron chi connectivity index (χ1n) is 8.58. The van der Waals surface area contributed by atoms with Crippen molar-refractivity contribution in [2.75, 3.05) is 11.9 Å². The number of anilines is 1. The van der Waals surface area contributed by atoms with Crippen LogP contribution in [0, 0.1) is 6.92 Å². The van der Waals surface area contributed by atoms with Crippen LogP contribution in [0.25, 0.3) is 11.3 Å². The fourth-order valence-electron chi connectivity index (χ4n) is 2.51. The van der Waals surface area contributed by atoms with Crippen molar-refractivity contribution in [3.05, 3.63) is 77.6 Å². The number of aromatic carboxylic acids is 1. The molecule has 0 saturated heterocycles. The standard InChI is InChI=1S/C21H19N3O4/c1-14-6-8-15(9-7-14)22-13-20(25)24-23-12-16-10-11-19(28-16)17-4-2-3-5-18(17)21(26)27/h2-12,22H,13H2,1H3,(H,24,25)(H,26,27)/b23-12-. The molecule has 0 saturated carbocycles. The highest BCUT2D eigenvalue weighted by Crippen LogP contribution is 2.25. The first kappa shape index (κ1) is 18.9. The molecule has 3 rings (SSSR count). The van der Waals surface area contributed by atoms with E-state index in [1.165, 1.54) is 12.3 Å². The van der Waals surface area contributed by atoms with Crippen molar-refractivity contribution in [3.8, 4) is 11.3 Å². The maximum Gasteiger partial charge on any atom is 0.336 e. The molecule has 1 heterocycles. The van der Waals surface area contributed by atoms with Crippen LogP contribution in [0.1, 0.15) is 21.7 Å². The summed E-state index contributed by atoms with van der Waals surface area (Å²) < 4.78 is 5.60. The Morgan fingerprint density at radius 2 is 1.82 bits per heavy atom. The minimum Gasteiger partial charge on any atom is -0.478 e. The van der Waals surface area contributed by atoms with Crippen LogP contribution in [-0.4, -0.2) is 29.7 Å². The van der Waals surface area contributed by atoms with Gasteiger partial charge in [0.15, 0.2) is 0 Å². The van der Waals surface area contributed by atoms with Crippen molar-refractivity contribution in [3.63, 3.8) is 0 Å². The van der Waals surface area contributed by atoms with Gasteiger partial charge in [-0.1, -0.05) is 35.9 Å². The van der Waals surface area contributed by atoms with E-state index in [4.69, 9.17) is 4.42 Å².